The largest absolute Gasteiger partial charge is 0.361 e. The van der Waals surface area contributed by atoms with E-state index in [1.54, 1.807) is 11.6 Å². The van der Waals surface area contributed by atoms with Crippen molar-refractivity contribution in [2.45, 2.75) is 33.7 Å². The van der Waals surface area contributed by atoms with Gasteiger partial charge >= 0.3 is 0 Å². The lowest BCUT2D eigenvalue weighted by molar-refractivity contribution is 0.0944. The predicted octanol–water partition coefficient (Wildman–Crippen LogP) is 3.47. The second-order valence-electron chi connectivity index (χ2n) is 6.20. The average Bonchev–Trinajstić information content (AvgIpc) is 3.11. The van der Waals surface area contributed by atoms with E-state index in [2.05, 4.69) is 15.6 Å². The van der Waals surface area contributed by atoms with Gasteiger partial charge in [0.15, 0.2) is 5.69 Å². The Bertz CT molecular complexity index is 915. The third-order valence-corrected chi connectivity index (χ3v) is 4.89. The smallest absolute Gasteiger partial charge is 0.273 e. The molecule has 1 N–H and O–H groups in total. The molecule has 0 aliphatic carbocycles. The molecule has 26 heavy (non-hydrogen) atoms. The van der Waals surface area contributed by atoms with Crippen LogP contribution < -0.4 is 5.32 Å². The number of nitrogens with zero attached hydrogens (tertiary/aromatic N) is 3. The van der Waals surface area contributed by atoms with Gasteiger partial charge in [-0.1, -0.05) is 47.1 Å². The lowest BCUT2D eigenvalue weighted by atomic mass is 10.1. The Morgan fingerprint density at radius 3 is 2.62 bits per heavy atom. The van der Waals surface area contributed by atoms with Crippen LogP contribution in [-0.4, -0.2) is 27.4 Å². The van der Waals surface area contributed by atoms with Gasteiger partial charge in [0, 0.05) is 12.1 Å². The number of halogens is 1. The van der Waals surface area contributed by atoms with E-state index in [1.807, 2.05) is 44.2 Å². The number of nitrogens with one attached hydrogen (secondary N) is 1. The van der Waals surface area contributed by atoms with Gasteiger partial charge in [-0.05, 0) is 32.8 Å². The lowest BCUT2D eigenvalue weighted by Gasteiger charge is -2.07. The second-order valence-corrected chi connectivity index (χ2v) is 6.58. The van der Waals surface area contributed by atoms with Crippen LogP contribution in [0.5, 0.6) is 0 Å². The average molecular weight is 373 g/mol. The Kier molecular flexibility index (Phi) is 5.42. The Morgan fingerprint density at radius 1 is 1.23 bits per heavy atom. The topological polar surface area (TPSA) is 73.0 Å². The van der Waals surface area contributed by atoms with Gasteiger partial charge in [0.1, 0.15) is 5.76 Å². The number of aryl methyl sites for hydroxylation is 2. The molecule has 7 heteroatoms. The summed E-state index contributed by atoms with van der Waals surface area (Å²) in [5.74, 6) is 0.349. The Labute approximate surface area is 157 Å². The summed E-state index contributed by atoms with van der Waals surface area (Å²) in [7, 11) is 0. The molecule has 2 aromatic heterocycles. The van der Waals surface area contributed by atoms with E-state index in [0.29, 0.717) is 35.1 Å². The van der Waals surface area contributed by atoms with Crippen molar-refractivity contribution in [2.24, 2.45) is 0 Å². The second kappa shape index (κ2) is 7.74. The van der Waals surface area contributed by atoms with Crippen molar-refractivity contribution < 1.29 is 9.32 Å². The first kappa shape index (κ1) is 18.2. The summed E-state index contributed by atoms with van der Waals surface area (Å²) in [4.78, 5) is 12.5. The van der Waals surface area contributed by atoms with E-state index in [9.17, 15) is 4.79 Å². The molecule has 0 aliphatic rings. The van der Waals surface area contributed by atoms with Crippen molar-refractivity contribution in [3.05, 3.63) is 69.3 Å². The zero-order chi connectivity index (χ0) is 18.7. The molecule has 0 radical (unpaired) electrons. The number of amides is 1. The van der Waals surface area contributed by atoms with Crippen molar-refractivity contribution >= 4 is 17.5 Å². The van der Waals surface area contributed by atoms with Gasteiger partial charge in [-0.25, -0.2) is 0 Å². The van der Waals surface area contributed by atoms with Gasteiger partial charge in [-0.2, -0.15) is 5.10 Å². The van der Waals surface area contributed by atoms with Crippen LogP contribution in [0.25, 0.3) is 0 Å². The minimum absolute atomic E-state index is 0.250. The summed E-state index contributed by atoms with van der Waals surface area (Å²) in [5, 5.41) is 11.9. The molecular formula is C19H21ClN4O2. The van der Waals surface area contributed by atoms with Gasteiger partial charge in [-0.15, -0.1) is 0 Å². The zero-order valence-electron chi connectivity index (χ0n) is 15.0. The Balaban J connectivity index is 1.70. The fourth-order valence-electron chi connectivity index (χ4n) is 2.78. The van der Waals surface area contributed by atoms with E-state index in [-0.39, 0.29) is 5.91 Å². The molecule has 2 heterocycles. The molecule has 0 atom stereocenters. The van der Waals surface area contributed by atoms with Gasteiger partial charge < -0.3 is 9.84 Å². The molecule has 0 bridgehead atoms. The van der Waals surface area contributed by atoms with E-state index in [4.69, 9.17) is 16.1 Å². The Hall–Kier alpha value is -2.60. The van der Waals surface area contributed by atoms with Crippen LogP contribution in [-0.2, 0) is 13.0 Å². The van der Waals surface area contributed by atoms with Crippen LogP contribution in [0.4, 0.5) is 0 Å². The summed E-state index contributed by atoms with van der Waals surface area (Å²) in [6.45, 7) is 6.45. The summed E-state index contributed by atoms with van der Waals surface area (Å²) in [6, 6.07) is 10.00. The summed E-state index contributed by atoms with van der Waals surface area (Å²) in [6.07, 6.45) is 0.756. The van der Waals surface area contributed by atoms with Gasteiger partial charge in [0.05, 0.1) is 23.0 Å². The minimum Gasteiger partial charge on any atom is -0.361 e. The fraction of sp³-hybridized carbons (Fsp3) is 0.316. The molecule has 1 amide bonds. The molecule has 0 saturated heterocycles. The van der Waals surface area contributed by atoms with Gasteiger partial charge in [0.2, 0.25) is 0 Å². The van der Waals surface area contributed by atoms with Crippen molar-refractivity contribution in [3.8, 4) is 0 Å². The number of carbonyl (C=O) groups is 1. The summed E-state index contributed by atoms with van der Waals surface area (Å²) < 4.78 is 7.01. The van der Waals surface area contributed by atoms with Crippen molar-refractivity contribution in [2.75, 3.05) is 6.54 Å². The third kappa shape index (κ3) is 3.80. The molecule has 136 valence electrons. The molecule has 1 aromatic carbocycles. The third-order valence-electron chi connectivity index (χ3n) is 4.34. The van der Waals surface area contributed by atoms with Crippen molar-refractivity contribution in [1.29, 1.82) is 0 Å². The molecular weight excluding hydrogens is 352 g/mol. The fourth-order valence-corrected chi connectivity index (χ4v) is 2.92. The number of carbonyl (C=O) groups excluding carboxylic acids is 1. The minimum atomic E-state index is -0.250. The van der Waals surface area contributed by atoms with E-state index >= 15 is 0 Å². The van der Waals surface area contributed by atoms with E-state index in [0.717, 1.165) is 17.8 Å². The summed E-state index contributed by atoms with van der Waals surface area (Å²) in [5.41, 5.74) is 3.78. The molecule has 6 nitrogen and oxygen atoms in total. The zero-order valence-corrected chi connectivity index (χ0v) is 15.8. The number of hydrogen-bond acceptors (Lipinski definition) is 4. The summed E-state index contributed by atoms with van der Waals surface area (Å²) >= 11 is 6.21. The molecule has 0 aliphatic heterocycles. The first-order valence-corrected chi connectivity index (χ1v) is 8.82. The standard InChI is InChI=1S/C19H21ClN4O2/c1-12-17(20)13(2)24(22-12)11-16-14(3)26-23-18(16)19(25)21-10-9-15-7-5-4-6-8-15/h4-8H,9-11H2,1-3H3,(H,21,25). The maximum Gasteiger partial charge on any atom is 0.273 e. The highest BCUT2D eigenvalue weighted by Gasteiger charge is 2.21. The van der Waals surface area contributed by atoms with Crippen LogP contribution in [0.1, 0.15) is 38.8 Å². The van der Waals surface area contributed by atoms with Crippen LogP contribution in [0.15, 0.2) is 34.9 Å². The highest BCUT2D eigenvalue weighted by atomic mass is 35.5. The number of rotatable bonds is 6. The maximum absolute atomic E-state index is 12.5. The molecule has 0 fully saturated rings. The lowest BCUT2D eigenvalue weighted by Crippen LogP contribution is -2.27. The first-order chi connectivity index (χ1) is 12.5. The number of benzene rings is 1. The predicted molar refractivity (Wildman–Crippen MR) is 99.5 cm³/mol. The van der Waals surface area contributed by atoms with Gasteiger partial charge in [-0.3, -0.25) is 9.48 Å². The van der Waals surface area contributed by atoms with E-state index in [1.165, 1.54) is 5.56 Å². The van der Waals surface area contributed by atoms with Crippen molar-refractivity contribution in [3.63, 3.8) is 0 Å². The van der Waals surface area contributed by atoms with Crippen LogP contribution in [0, 0.1) is 20.8 Å². The van der Waals surface area contributed by atoms with Crippen LogP contribution >= 0.6 is 11.6 Å². The van der Waals surface area contributed by atoms with E-state index < -0.39 is 0 Å². The molecule has 0 spiro atoms. The maximum atomic E-state index is 12.5. The van der Waals surface area contributed by atoms with Crippen LogP contribution in [0.3, 0.4) is 0 Å². The normalized spacial score (nSPS) is 10.9. The first-order valence-electron chi connectivity index (χ1n) is 8.44. The highest BCUT2D eigenvalue weighted by molar-refractivity contribution is 6.31. The molecule has 0 unspecified atom stereocenters. The molecule has 3 rings (SSSR count). The SMILES string of the molecule is Cc1nn(Cc2c(C(=O)NCCc3ccccc3)noc2C)c(C)c1Cl. The molecule has 3 aromatic rings. The van der Waals surface area contributed by atoms with Crippen LogP contribution in [0.2, 0.25) is 5.02 Å². The highest BCUT2D eigenvalue weighted by Crippen LogP contribution is 2.22. The quantitative estimate of drug-likeness (QED) is 0.719. The monoisotopic (exact) mass is 372 g/mol. The number of hydrogen-bond donors (Lipinski definition) is 1. The van der Waals surface area contributed by atoms with Crippen molar-refractivity contribution in [1.82, 2.24) is 20.3 Å². The number of aromatic nitrogens is 3. The van der Waals surface area contributed by atoms with Gasteiger partial charge in [0.25, 0.3) is 5.91 Å². The molecule has 0 saturated carbocycles. The Morgan fingerprint density at radius 2 is 1.96 bits per heavy atom.